The highest BCUT2D eigenvalue weighted by molar-refractivity contribution is 7.30. The van der Waals surface area contributed by atoms with Gasteiger partial charge in [0.25, 0.3) is 0 Å². The van der Waals surface area contributed by atoms with Crippen molar-refractivity contribution in [3.05, 3.63) is 65.0 Å². The lowest BCUT2D eigenvalue weighted by atomic mass is 10.1. The molecule has 0 N–H and O–H groups in total. The van der Waals surface area contributed by atoms with Gasteiger partial charge in [-0.05, 0) is 74.7 Å². The molecule has 0 aliphatic heterocycles. The standard InChI is InChI=1S/C30H29N9S4/c1-4-7-8-19-9-11-20(12-10-19)35-38-30-34-27-26(43-30)33-28(42-27)31-18-23-17-24-25(40-23)32-29(41-24)37-36-21-13-15-22(16-14-21)39(5-2)6-3/h9-18H,4-8H2,1-3H3/b31-18+,37-36?,38-35?. The number of benzene rings is 2. The Morgan fingerprint density at radius 1 is 0.674 bits per heavy atom. The molecular formula is C30H29N9S4. The molecule has 0 amide bonds. The van der Waals surface area contributed by atoms with E-state index in [4.69, 9.17) is 0 Å². The van der Waals surface area contributed by atoms with Crippen molar-refractivity contribution in [2.75, 3.05) is 18.0 Å². The minimum atomic E-state index is 0.591. The molecule has 0 aliphatic rings. The van der Waals surface area contributed by atoms with Crippen LogP contribution in [0.3, 0.4) is 0 Å². The third kappa shape index (κ3) is 7.24. The summed E-state index contributed by atoms with van der Waals surface area (Å²) in [4.78, 5) is 24.2. The molecule has 4 heterocycles. The van der Waals surface area contributed by atoms with Gasteiger partial charge in [-0.25, -0.2) is 19.9 Å². The highest BCUT2D eigenvalue weighted by Crippen LogP contribution is 2.37. The van der Waals surface area contributed by atoms with E-state index in [-0.39, 0.29) is 0 Å². The second-order valence-corrected chi connectivity index (χ2v) is 13.5. The Labute approximate surface area is 265 Å². The average Bonchev–Trinajstić information content (AvgIpc) is 3.78. The molecule has 0 unspecified atom stereocenters. The van der Waals surface area contributed by atoms with E-state index in [1.807, 2.05) is 30.5 Å². The second-order valence-electron chi connectivity index (χ2n) is 9.53. The summed E-state index contributed by atoms with van der Waals surface area (Å²) < 4.78 is 1.06. The van der Waals surface area contributed by atoms with Crippen LogP contribution in [-0.4, -0.2) is 34.3 Å². The monoisotopic (exact) mass is 643 g/mol. The molecule has 13 heteroatoms. The number of fused-ring (bicyclic) bond motifs is 2. The summed E-state index contributed by atoms with van der Waals surface area (Å²) >= 11 is 5.94. The molecule has 2 aromatic carbocycles. The van der Waals surface area contributed by atoms with Gasteiger partial charge in [0.2, 0.25) is 15.4 Å². The lowest BCUT2D eigenvalue weighted by Crippen LogP contribution is -2.21. The first kappa shape index (κ1) is 29.3. The molecule has 0 saturated heterocycles. The molecule has 0 radical (unpaired) electrons. The normalized spacial score (nSPS) is 12.3. The molecule has 0 bridgehead atoms. The zero-order valence-electron chi connectivity index (χ0n) is 24.0. The number of rotatable bonds is 12. The van der Waals surface area contributed by atoms with Gasteiger partial charge in [-0.1, -0.05) is 59.5 Å². The van der Waals surface area contributed by atoms with Crippen LogP contribution >= 0.6 is 45.3 Å². The number of unbranched alkanes of at least 4 members (excludes halogenated alkanes) is 1. The number of anilines is 1. The number of thiazole rings is 3. The molecule has 0 saturated carbocycles. The van der Waals surface area contributed by atoms with Crippen LogP contribution in [-0.2, 0) is 6.42 Å². The van der Waals surface area contributed by atoms with Crippen LogP contribution < -0.4 is 4.90 Å². The molecule has 0 spiro atoms. The summed E-state index contributed by atoms with van der Waals surface area (Å²) in [6, 6.07) is 18.4. The maximum atomic E-state index is 4.63. The third-order valence-electron chi connectivity index (χ3n) is 6.59. The minimum Gasteiger partial charge on any atom is -0.372 e. The fourth-order valence-corrected chi connectivity index (χ4v) is 7.93. The Morgan fingerprint density at radius 2 is 1.28 bits per heavy atom. The van der Waals surface area contributed by atoms with Gasteiger partial charge in [0.15, 0.2) is 9.66 Å². The number of nitrogens with zero attached hydrogens (tertiary/aromatic N) is 9. The fraction of sp³-hybridized carbons (Fsp3) is 0.267. The van der Waals surface area contributed by atoms with Gasteiger partial charge < -0.3 is 4.90 Å². The molecule has 6 rings (SSSR count). The van der Waals surface area contributed by atoms with E-state index in [0.717, 1.165) is 55.0 Å². The van der Waals surface area contributed by atoms with Crippen LogP contribution in [0.4, 0.5) is 32.5 Å². The topological polar surface area (TPSA) is 104 Å². The molecule has 9 nitrogen and oxygen atoms in total. The highest BCUT2D eigenvalue weighted by Gasteiger charge is 2.11. The number of azo groups is 2. The van der Waals surface area contributed by atoms with Gasteiger partial charge in [-0.15, -0.1) is 31.8 Å². The fourth-order valence-electron chi connectivity index (χ4n) is 4.32. The van der Waals surface area contributed by atoms with E-state index in [9.17, 15) is 0 Å². The summed E-state index contributed by atoms with van der Waals surface area (Å²) in [7, 11) is 0. The first-order chi connectivity index (χ1) is 21.1. The SMILES string of the molecule is CCCCc1ccc(N=Nc2nc3sc(/N=C/c4cc5sc(N=Nc6ccc(N(CC)CC)cc6)nc5s4)nc3s2)cc1. The zero-order chi connectivity index (χ0) is 29.6. The summed E-state index contributed by atoms with van der Waals surface area (Å²) in [6.45, 7) is 8.46. The van der Waals surface area contributed by atoms with Crippen molar-refractivity contribution >= 4 is 103 Å². The number of aryl methyl sites for hydroxylation is 1. The van der Waals surface area contributed by atoms with E-state index in [1.54, 1.807) is 11.3 Å². The van der Waals surface area contributed by atoms with Crippen molar-refractivity contribution in [1.29, 1.82) is 0 Å². The average molecular weight is 644 g/mol. The molecular weight excluding hydrogens is 615 g/mol. The molecule has 4 aromatic heterocycles. The van der Waals surface area contributed by atoms with Gasteiger partial charge in [0.05, 0.1) is 16.1 Å². The zero-order valence-corrected chi connectivity index (χ0v) is 27.2. The van der Waals surface area contributed by atoms with E-state index < -0.39 is 0 Å². The Morgan fingerprint density at radius 3 is 1.93 bits per heavy atom. The summed E-state index contributed by atoms with van der Waals surface area (Å²) in [6.07, 6.45) is 5.31. The summed E-state index contributed by atoms with van der Waals surface area (Å²) in [5.74, 6) is 0. The van der Waals surface area contributed by atoms with Crippen molar-refractivity contribution in [3.63, 3.8) is 0 Å². The largest absolute Gasteiger partial charge is 0.372 e. The predicted octanol–water partition coefficient (Wildman–Crippen LogP) is 11.2. The van der Waals surface area contributed by atoms with Crippen LogP contribution in [0.25, 0.3) is 19.2 Å². The van der Waals surface area contributed by atoms with Crippen molar-refractivity contribution < 1.29 is 0 Å². The Hall–Kier alpha value is -3.78. The minimum absolute atomic E-state index is 0.591. The smallest absolute Gasteiger partial charge is 0.233 e. The first-order valence-electron chi connectivity index (χ1n) is 14.1. The molecule has 43 heavy (non-hydrogen) atoms. The van der Waals surface area contributed by atoms with Gasteiger partial charge >= 0.3 is 0 Å². The van der Waals surface area contributed by atoms with E-state index in [0.29, 0.717) is 15.4 Å². The number of hydrogen-bond donors (Lipinski definition) is 0. The second kappa shape index (κ2) is 13.7. The van der Waals surface area contributed by atoms with Gasteiger partial charge in [-0.3, -0.25) is 0 Å². The first-order valence-corrected chi connectivity index (χ1v) is 17.4. The van der Waals surface area contributed by atoms with Crippen molar-refractivity contribution in [1.82, 2.24) is 15.0 Å². The summed E-state index contributed by atoms with van der Waals surface area (Å²) in [5.41, 5.74) is 4.14. The number of aliphatic imine (C=N–C) groups is 1. The Kier molecular flexibility index (Phi) is 9.32. The van der Waals surface area contributed by atoms with Crippen molar-refractivity contribution in [2.45, 2.75) is 40.0 Å². The van der Waals surface area contributed by atoms with Gasteiger partial charge in [0.1, 0.15) is 4.83 Å². The molecule has 0 aliphatic carbocycles. The molecule has 0 atom stereocenters. The van der Waals surface area contributed by atoms with E-state index >= 15 is 0 Å². The van der Waals surface area contributed by atoms with Crippen LogP contribution in [0.2, 0.25) is 0 Å². The maximum Gasteiger partial charge on any atom is 0.233 e. The molecule has 6 aromatic rings. The van der Waals surface area contributed by atoms with Crippen LogP contribution in [0.15, 0.2) is 80.0 Å². The lowest BCUT2D eigenvalue weighted by Gasteiger charge is -2.20. The Balaban J connectivity index is 1.06. The van der Waals surface area contributed by atoms with E-state index in [1.165, 1.54) is 58.1 Å². The van der Waals surface area contributed by atoms with Crippen molar-refractivity contribution in [3.8, 4) is 0 Å². The number of aromatic nitrogens is 3. The van der Waals surface area contributed by atoms with Crippen LogP contribution in [0, 0.1) is 0 Å². The van der Waals surface area contributed by atoms with E-state index in [2.05, 4.69) is 96.4 Å². The van der Waals surface area contributed by atoms with Crippen LogP contribution in [0.5, 0.6) is 0 Å². The predicted molar refractivity (Wildman–Crippen MR) is 183 cm³/mol. The Bertz CT molecular complexity index is 1830. The molecule has 218 valence electrons. The summed E-state index contributed by atoms with van der Waals surface area (Å²) in [5, 5.41) is 19.3. The number of hydrogen-bond acceptors (Lipinski definition) is 13. The third-order valence-corrected chi connectivity index (χ3v) is 10.4. The quantitative estimate of drug-likeness (QED) is 0.0977. The number of thiophene rings is 1. The highest BCUT2D eigenvalue weighted by atomic mass is 32.1. The van der Waals surface area contributed by atoms with Gasteiger partial charge in [0, 0.05) is 29.9 Å². The van der Waals surface area contributed by atoms with Crippen LogP contribution in [0.1, 0.15) is 44.1 Å². The lowest BCUT2D eigenvalue weighted by molar-refractivity contribution is 0.795. The maximum absolute atomic E-state index is 4.63. The molecule has 0 fully saturated rings. The van der Waals surface area contributed by atoms with Crippen molar-refractivity contribution in [2.24, 2.45) is 25.4 Å². The van der Waals surface area contributed by atoms with Gasteiger partial charge in [-0.2, -0.15) is 0 Å².